The smallest absolute Gasteiger partial charge is 0.224 e. The van der Waals surface area contributed by atoms with Crippen LogP contribution in [-0.2, 0) is 11.2 Å². The minimum atomic E-state index is -0.687. The second-order valence-electron chi connectivity index (χ2n) is 5.60. The fourth-order valence-electron chi connectivity index (χ4n) is 2.85. The highest BCUT2D eigenvalue weighted by molar-refractivity contribution is 5.94. The number of aliphatic hydroxyl groups is 1. The summed E-state index contributed by atoms with van der Waals surface area (Å²) in [5, 5.41) is 13.5. The first-order valence-electron chi connectivity index (χ1n) is 7.34. The lowest BCUT2D eigenvalue weighted by Crippen LogP contribution is -2.20. The highest BCUT2D eigenvalue weighted by Gasteiger charge is 2.20. The van der Waals surface area contributed by atoms with Gasteiger partial charge in [0.1, 0.15) is 11.9 Å². The molecule has 3 rings (SSSR count). The predicted molar refractivity (Wildman–Crippen MR) is 85.2 cm³/mol. The van der Waals surface area contributed by atoms with Gasteiger partial charge in [-0.15, -0.1) is 0 Å². The maximum Gasteiger partial charge on any atom is 0.224 e. The van der Waals surface area contributed by atoms with Crippen molar-refractivity contribution >= 4 is 11.6 Å². The Morgan fingerprint density at radius 3 is 2.55 bits per heavy atom. The SMILES string of the molecule is COc1ccc(C(O)c2cc(C)c3c(c2)CCC(=O)N3)cc1. The van der Waals surface area contributed by atoms with E-state index in [0.717, 1.165) is 33.7 Å². The molecule has 4 heteroatoms. The van der Waals surface area contributed by atoms with Crippen molar-refractivity contribution in [3.05, 3.63) is 58.7 Å². The van der Waals surface area contributed by atoms with E-state index in [1.807, 2.05) is 43.3 Å². The van der Waals surface area contributed by atoms with E-state index in [4.69, 9.17) is 4.74 Å². The maximum atomic E-state index is 11.5. The number of hydrogen-bond donors (Lipinski definition) is 2. The third-order valence-corrected chi connectivity index (χ3v) is 4.07. The van der Waals surface area contributed by atoms with Gasteiger partial charge in [0.05, 0.1) is 7.11 Å². The van der Waals surface area contributed by atoms with E-state index in [9.17, 15) is 9.90 Å². The van der Waals surface area contributed by atoms with Gasteiger partial charge in [0.15, 0.2) is 0 Å². The number of methoxy groups -OCH3 is 1. The number of benzene rings is 2. The number of aryl methyl sites for hydroxylation is 2. The summed E-state index contributed by atoms with van der Waals surface area (Å²) in [5.41, 5.74) is 4.62. The van der Waals surface area contributed by atoms with Gasteiger partial charge in [-0.3, -0.25) is 4.79 Å². The largest absolute Gasteiger partial charge is 0.497 e. The summed E-state index contributed by atoms with van der Waals surface area (Å²) in [6.45, 7) is 1.95. The minimum absolute atomic E-state index is 0.0547. The number of fused-ring (bicyclic) bond motifs is 1. The van der Waals surface area contributed by atoms with Crippen LogP contribution in [0.2, 0.25) is 0 Å². The molecule has 0 fully saturated rings. The number of nitrogens with one attached hydrogen (secondary N) is 1. The van der Waals surface area contributed by atoms with Crippen LogP contribution in [0.1, 0.15) is 34.8 Å². The lowest BCUT2D eigenvalue weighted by Gasteiger charge is -2.22. The van der Waals surface area contributed by atoms with Crippen LogP contribution < -0.4 is 10.1 Å². The summed E-state index contributed by atoms with van der Waals surface area (Å²) in [6.07, 6.45) is 0.521. The number of carbonyl (C=O) groups excluding carboxylic acids is 1. The van der Waals surface area contributed by atoms with E-state index in [-0.39, 0.29) is 5.91 Å². The topological polar surface area (TPSA) is 58.6 Å². The molecule has 0 saturated carbocycles. The van der Waals surface area contributed by atoms with Crippen LogP contribution in [0.5, 0.6) is 5.75 Å². The molecule has 2 aromatic carbocycles. The lowest BCUT2D eigenvalue weighted by atomic mass is 9.92. The number of anilines is 1. The average Bonchev–Trinajstić information content (AvgIpc) is 2.55. The van der Waals surface area contributed by atoms with Crippen LogP contribution in [-0.4, -0.2) is 18.1 Å². The molecule has 2 aromatic rings. The molecule has 0 spiro atoms. The number of aliphatic hydroxyl groups excluding tert-OH is 1. The van der Waals surface area contributed by atoms with Crippen LogP contribution in [0.25, 0.3) is 0 Å². The zero-order valence-electron chi connectivity index (χ0n) is 12.7. The Labute approximate surface area is 129 Å². The standard InChI is InChI=1S/C18H19NO3/c1-11-9-14(10-13-5-8-16(20)19-17(11)13)18(21)12-3-6-15(22-2)7-4-12/h3-4,6-7,9-10,18,21H,5,8H2,1-2H3,(H,19,20). The maximum absolute atomic E-state index is 11.5. The van der Waals surface area contributed by atoms with E-state index >= 15 is 0 Å². The molecule has 0 aliphatic carbocycles. The molecule has 1 aliphatic heterocycles. The molecule has 114 valence electrons. The third-order valence-electron chi connectivity index (χ3n) is 4.07. The number of ether oxygens (including phenoxy) is 1. The van der Waals surface area contributed by atoms with E-state index in [1.165, 1.54) is 0 Å². The third kappa shape index (κ3) is 2.70. The zero-order chi connectivity index (χ0) is 15.7. The van der Waals surface area contributed by atoms with Gasteiger partial charge < -0.3 is 15.2 Å². The first-order valence-corrected chi connectivity index (χ1v) is 7.34. The molecule has 1 atom stereocenters. The number of amides is 1. The van der Waals surface area contributed by atoms with Gasteiger partial charge >= 0.3 is 0 Å². The molecule has 1 amide bonds. The van der Waals surface area contributed by atoms with Crippen molar-refractivity contribution in [2.24, 2.45) is 0 Å². The van der Waals surface area contributed by atoms with Crippen molar-refractivity contribution in [1.82, 2.24) is 0 Å². The summed E-state index contributed by atoms with van der Waals surface area (Å²) in [5.74, 6) is 0.819. The van der Waals surface area contributed by atoms with E-state index < -0.39 is 6.10 Å². The Balaban J connectivity index is 1.94. The normalized spacial score (nSPS) is 15.0. The molecule has 0 saturated heterocycles. The van der Waals surface area contributed by atoms with Gasteiger partial charge in [0.2, 0.25) is 5.91 Å². The fraction of sp³-hybridized carbons (Fsp3) is 0.278. The first kappa shape index (κ1) is 14.6. The molecule has 4 nitrogen and oxygen atoms in total. The van der Waals surface area contributed by atoms with Crippen LogP contribution in [0, 0.1) is 6.92 Å². The molecular formula is C18H19NO3. The molecule has 0 radical (unpaired) electrons. The van der Waals surface area contributed by atoms with Crippen molar-refractivity contribution in [3.8, 4) is 5.75 Å². The average molecular weight is 297 g/mol. The number of rotatable bonds is 3. The van der Waals surface area contributed by atoms with Crippen LogP contribution in [0.15, 0.2) is 36.4 Å². The quantitative estimate of drug-likeness (QED) is 0.915. The summed E-state index contributed by atoms with van der Waals surface area (Å²) >= 11 is 0. The van der Waals surface area contributed by atoms with Crippen LogP contribution in [0.4, 0.5) is 5.69 Å². The highest BCUT2D eigenvalue weighted by Crippen LogP contribution is 2.32. The number of hydrogen-bond acceptors (Lipinski definition) is 3. The van der Waals surface area contributed by atoms with Crippen molar-refractivity contribution in [3.63, 3.8) is 0 Å². The van der Waals surface area contributed by atoms with Gasteiger partial charge in [-0.2, -0.15) is 0 Å². The van der Waals surface area contributed by atoms with Gasteiger partial charge in [-0.25, -0.2) is 0 Å². The van der Waals surface area contributed by atoms with Gasteiger partial charge in [0.25, 0.3) is 0 Å². The van der Waals surface area contributed by atoms with Gasteiger partial charge in [0, 0.05) is 12.1 Å². The molecule has 22 heavy (non-hydrogen) atoms. The Morgan fingerprint density at radius 1 is 1.14 bits per heavy atom. The van der Waals surface area contributed by atoms with Crippen molar-refractivity contribution < 1.29 is 14.6 Å². The monoisotopic (exact) mass is 297 g/mol. The summed E-state index contributed by atoms with van der Waals surface area (Å²) in [7, 11) is 1.62. The number of carbonyl (C=O) groups is 1. The van der Waals surface area contributed by atoms with Crippen LogP contribution >= 0.6 is 0 Å². The first-order chi connectivity index (χ1) is 10.6. The molecule has 2 N–H and O–H groups in total. The summed E-state index contributed by atoms with van der Waals surface area (Å²) in [4.78, 5) is 11.5. The van der Waals surface area contributed by atoms with Crippen molar-refractivity contribution in [2.45, 2.75) is 25.9 Å². The van der Waals surface area contributed by atoms with E-state index in [2.05, 4.69) is 5.32 Å². The second-order valence-corrected chi connectivity index (χ2v) is 5.60. The van der Waals surface area contributed by atoms with Gasteiger partial charge in [-0.1, -0.05) is 24.3 Å². The van der Waals surface area contributed by atoms with Crippen LogP contribution in [0.3, 0.4) is 0 Å². The molecule has 1 aliphatic rings. The predicted octanol–water partition coefficient (Wildman–Crippen LogP) is 2.97. The molecule has 0 bridgehead atoms. The van der Waals surface area contributed by atoms with E-state index in [0.29, 0.717) is 12.8 Å². The Kier molecular flexibility index (Phi) is 3.86. The van der Waals surface area contributed by atoms with E-state index in [1.54, 1.807) is 7.11 Å². The van der Waals surface area contributed by atoms with Crippen molar-refractivity contribution in [1.29, 1.82) is 0 Å². The van der Waals surface area contributed by atoms with Crippen molar-refractivity contribution in [2.75, 3.05) is 12.4 Å². The molecule has 0 aromatic heterocycles. The molecular weight excluding hydrogens is 278 g/mol. The summed E-state index contributed by atoms with van der Waals surface area (Å²) < 4.78 is 5.14. The fourth-order valence-corrected chi connectivity index (χ4v) is 2.85. The van der Waals surface area contributed by atoms with Gasteiger partial charge in [-0.05, 0) is 47.7 Å². The Bertz CT molecular complexity index is 707. The summed E-state index contributed by atoms with van der Waals surface area (Å²) in [6, 6.07) is 11.3. The second kappa shape index (κ2) is 5.81. The zero-order valence-corrected chi connectivity index (χ0v) is 12.7. The lowest BCUT2D eigenvalue weighted by molar-refractivity contribution is -0.116. The minimum Gasteiger partial charge on any atom is -0.497 e. The Hall–Kier alpha value is -2.33. The molecule has 1 unspecified atom stereocenters. The highest BCUT2D eigenvalue weighted by atomic mass is 16.5. The Morgan fingerprint density at radius 2 is 1.86 bits per heavy atom. The molecule has 1 heterocycles.